The topological polar surface area (TPSA) is 50.9 Å². The summed E-state index contributed by atoms with van der Waals surface area (Å²) < 4.78 is 45.6. The standard InChI is InChI=1S/C50H53N3O/c1-31-17-15-18-32(2)44(31)33-23-24-51-42(28-33)35-25-34(26-36(27-35)48(3,4)5)39-21-16-22-43-45(39)52-47(53(43)38-19-13-12-14-20-38)40-29-37(49(6,7)8)30-41(46(40)54)50(9,10)11/h12-30,54H,1-11H3/i12D,13D,14D,19D,20D. The zero-order valence-corrected chi connectivity index (χ0v) is 33.4. The highest BCUT2D eigenvalue weighted by atomic mass is 16.3. The van der Waals surface area contributed by atoms with Gasteiger partial charge in [-0.1, -0.05) is 123 Å². The lowest BCUT2D eigenvalue weighted by atomic mass is 9.79. The average molecular weight is 717 g/mol. The molecule has 7 rings (SSSR count). The number of hydrogen-bond acceptors (Lipinski definition) is 3. The van der Waals surface area contributed by atoms with Crippen LogP contribution < -0.4 is 0 Å². The van der Waals surface area contributed by atoms with Crippen molar-refractivity contribution in [3.63, 3.8) is 0 Å². The second-order valence-corrected chi connectivity index (χ2v) is 17.6. The summed E-state index contributed by atoms with van der Waals surface area (Å²) in [7, 11) is 0. The summed E-state index contributed by atoms with van der Waals surface area (Å²) in [4.78, 5) is 10.2. The van der Waals surface area contributed by atoms with Crippen LogP contribution in [0.3, 0.4) is 0 Å². The van der Waals surface area contributed by atoms with E-state index in [1.165, 1.54) is 16.7 Å². The van der Waals surface area contributed by atoms with Gasteiger partial charge >= 0.3 is 0 Å². The summed E-state index contributed by atoms with van der Waals surface area (Å²) in [5.74, 6) is 0.304. The van der Waals surface area contributed by atoms with Gasteiger partial charge in [0.1, 0.15) is 11.6 Å². The van der Waals surface area contributed by atoms with Crippen molar-refractivity contribution in [2.75, 3.05) is 0 Å². The molecule has 1 N–H and O–H groups in total. The highest BCUT2D eigenvalue weighted by Gasteiger charge is 2.29. The largest absolute Gasteiger partial charge is 0.507 e. The monoisotopic (exact) mass is 716 g/mol. The molecule has 0 bridgehead atoms. The summed E-state index contributed by atoms with van der Waals surface area (Å²) >= 11 is 0. The van der Waals surface area contributed by atoms with Gasteiger partial charge in [-0.2, -0.15) is 0 Å². The van der Waals surface area contributed by atoms with Crippen molar-refractivity contribution in [1.82, 2.24) is 14.5 Å². The third kappa shape index (κ3) is 6.86. The molecule has 0 amide bonds. The number of para-hydroxylation sites is 2. The van der Waals surface area contributed by atoms with E-state index in [2.05, 4.69) is 104 Å². The van der Waals surface area contributed by atoms with Gasteiger partial charge in [-0.25, -0.2) is 4.98 Å². The van der Waals surface area contributed by atoms with Crippen LogP contribution in [-0.2, 0) is 16.2 Å². The quantitative estimate of drug-likeness (QED) is 0.193. The lowest BCUT2D eigenvalue weighted by Crippen LogP contribution is -2.17. The third-order valence-corrected chi connectivity index (χ3v) is 10.4. The Bertz CT molecular complexity index is 2770. The first-order valence-corrected chi connectivity index (χ1v) is 18.6. The molecule has 0 aliphatic heterocycles. The van der Waals surface area contributed by atoms with E-state index in [9.17, 15) is 5.11 Å². The highest BCUT2D eigenvalue weighted by Crippen LogP contribution is 2.45. The third-order valence-electron chi connectivity index (χ3n) is 10.4. The second kappa shape index (κ2) is 13.4. The highest BCUT2D eigenvalue weighted by molar-refractivity contribution is 5.97. The predicted octanol–water partition coefficient (Wildman–Crippen LogP) is 13.3. The lowest BCUT2D eigenvalue weighted by molar-refractivity contribution is 0.446. The molecule has 0 saturated heterocycles. The van der Waals surface area contributed by atoms with Crippen LogP contribution in [0.5, 0.6) is 5.75 Å². The first-order valence-electron chi connectivity index (χ1n) is 21.1. The first-order chi connectivity index (χ1) is 27.5. The van der Waals surface area contributed by atoms with E-state index < -0.39 is 23.5 Å². The predicted molar refractivity (Wildman–Crippen MR) is 228 cm³/mol. The maximum atomic E-state index is 12.2. The Kier molecular flexibility index (Phi) is 7.69. The molecule has 274 valence electrons. The molecule has 54 heavy (non-hydrogen) atoms. The minimum Gasteiger partial charge on any atom is -0.507 e. The van der Waals surface area contributed by atoms with Crippen LogP contribution in [0.15, 0.2) is 115 Å². The minimum atomic E-state index is -0.482. The van der Waals surface area contributed by atoms with Crippen LogP contribution in [0.2, 0.25) is 0 Å². The number of phenolic OH excluding ortho intramolecular Hbond substituents is 1. The van der Waals surface area contributed by atoms with E-state index in [0.29, 0.717) is 16.6 Å². The van der Waals surface area contributed by atoms with Crippen molar-refractivity contribution in [3.05, 3.63) is 143 Å². The van der Waals surface area contributed by atoms with Crippen LogP contribution >= 0.6 is 0 Å². The van der Waals surface area contributed by atoms with Gasteiger partial charge in [0.2, 0.25) is 0 Å². The van der Waals surface area contributed by atoms with Gasteiger partial charge in [-0.05, 0) is 118 Å². The summed E-state index contributed by atoms with van der Waals surface area (Å²) in [6.45, 7) is 23.3. The minimum absolute atomic E-state index is 0.0304. The molecule has 0 fully saturated rings. The Balaban J connectivity index is 1.58. The first kappa shape index (κ1) is 30.9. The van der Waals surface area contributed by atoms with Gasteiger partial charge < -0.3 is 5.11 Å². The number of nitrogens with zero attached hydrogens (tertiary/aromatic N) is 3. The van der Waals surface area contributed by atoms with E-state index >= 15 is 0 Å². The van der Waals surface area contributed by atoms with Crippen LogP contribution in [-0.4, -0.2) is 19.6 Å². The molecule has 0 unspecified atom stereocenters. The number of imidazole rings is 1. The van der Waals surface area contributed by atoms with Gasteiger partial charge in [-0.15, -0.1) is 0 Å². The SMILES string of the molecule is [2H]c1c([2H])c([2H])c(-n2c(-c3cc(C(C)(C)C)cc(C(C)(C)C)c3O)nc3c(-c4cc(-c5cc(-c6c(C)cccc6C)ccn5)cc(C(C)(C)C)c4)cccc32)c([2H])c1[2H]. The molecule has 0 spiro atoms. The van der Waals surface area contributed by atoms with E-state index in [4.69, 9.17) is 16.8 Å². The Morgan fingerprint density at radius 3 is 1.91 bits per heavy atom. The zero-order valence-electron chi connectivity index (χ0n) is 38.4. The number of hydrogen-bond donors (Lipinski definition) is 1. The fourth-order valence-electron chi connectivity index (χ4n) is 7.28. The number of fused-ring (bicyclic) bond motifs is 1. The van der Waals surface area contributed by atoms with Crippen LogP contribution in [0.1, 0.15) is 97.0 Å². The van der Waals surface area contributed by atoms with Gasteiger partial charge in [0.15, 0.2) is 0 Å². The molecule has 4 nitrogen and oxygen atoms in total. The molecule has 2 aromatic heterocycles. The Labute approximate surface area is 328 Å². The Morgan fingerprint density at radius 2 is 1.26 bits per heavy atom. The maximum Gasteiger partial charge on any atom is 0.149 e. The number of pyridine rings is 1. The number of aromatic nitrogens is 3. The summed E-state index contributed by atoms with van der Waals surface area (Å²) in [5, 5.41) is 12.2. The number of aryl methyl sites for hydroxylation is 2. The second-order valence-electron chi connectivity index (χ2n) is 17.6. The van der Waals surface area contributed by atoms with Gasteiger partial charge in [0.25, 0.3) is 0 Å². The molecule has 0 aliphatic rings. The summed E-state index contributed by atoms with van der Waals surface area (Å²) in [5.41, 5.74) is 11.3. The summed E-state index contributed by atoms with van der Waals surface area (Å²) in [6, 6.07) is 24.6. The van der Waals surface area contributed by atoms with Crippen LogP contribution in [0.4, 0.5) is 0 Å². The maximum absolute atomic E-state index is 12.2. The van der Waals surface area contributed by atoms with E-state index in [-0.39, 0.29) is 40.2 Å². The van der Waals surface area contributed by atoms with Crippen molar-refractivity contribution in [2.24, 2.45) is 0 Å². The fourth-order valence-corrected chi connectivity index (χ4v) is 7.28. The molecule has 4 heteroatoms. The van der Waals surface area contributed by atoms with Crippen molar-refractivity contribution in [3.8, 4) is 56.3 Å². The number of phenols is 1. The van der Waals surface area contributed by atoms with E-state index in [0.717, 1.165) is 44.6 Å². The van der Waals surface area contributed by atoms with Crippen molar-refractivity contribution in [2.45, 2.75) is 92.4 Å². The van der Waals surface area contributed by atoms with Crippen LogP contribution in [0.25, 0.3) is 61.6 Å². The molecule has 5 aromatic carbocycles. The molecule has 0 saturated carbocycles. The number of benzene rings is 5. The summed E-state index contributed by atoms with van der Waals surface area (Å²) in [6.07, 6.45) is 1.86. The van der Waals surface area contributed by atoms with Gasteiger partial charge in [0.05, 0.1) is 29.1 Å². The lowest BCUT2D eigenvalue weighted by Gasteiger charge is -2.27. The van der Waals surface area contributed by atoms with Crippen LogP contribution in [0, 0.1) is 13.8 Å². The van der Waals surface area contributed by atoms with E-state index in [1.54, 1.807) is 4.57 Å². The zero-order chi connectivity index (χ0) is 43.1. The Hall–Kier alpha value is -5.48. The molecule has 0 radical (unpaired) electrons. The Morgan fingerprint density at radius 1 is 0.630 bits per heavy atom. The molecular weight excluding hydrogens is 659 g/mol. The van der Waals surface area contributed by atoms with Gasteiger partial charge in [0, 0.05) is 28.6 Å². The smallest absolute Gasteiger partial charge is 0.149 e. The van der Waals surface area contributed by atoms with Gasteiger partial charge in [-0.3, -0.25) is 9.55 Å². The molecule has 0 atom stereocenters. The fraction of sp³-hybridized carbons (Fsp3) is 0.280. The average Bonchev–Trinajstić information content (AvgIpc) is 3.54. The molecule has 7 aromatic rings. The molecule has 2 heterocycles. The number of rotatable bonds is 5. The van der Waals surface area contributed by atoms with Crippen molar-refractivity contribution >= 4 is 11.0 Å². The number of aromatic hydroxyl groups is 1. The van der Waals surface area contributed by atoms with Crippen molar-refractivity contribution < 1.29 is 12.0 Å². The molecular formula is C50H53N3O. The van der Waals surface area contributed by atoms with Crippen molar-refractivity contribution in [1.29, 1.82) is 0 Å². The van der Waals surface area contributed by atoms with E-state index in [1.807, 2.05) is 57.3 Å². The molecule has 0 aliphatic carbocycles. The normalized spacial score (nSPS) is 13.7.